The third kappa shape index (κ3) is 6.06. The number of guanidine groups is 1. The second kappa shape index (κ2) is 10.3. The molecular formula is C20H27N5O2. The Balaban J connectivity index is 1.28. The first kappa shape index (κ1) is 18.8. The van der Waals surface area contributed by atoms with Crippen LogP contribution in [0.5, 0.6) is 11.5 Å². The number of hydrogen-bond acceptors (Lipinski definition) is 5. The average molecular weight is 369 g/mol. The minimum atomic E-state index is -0.0407. The summed E-state index contributed by atoms with van der Waals surface area (Å²) in [6, 6.07) is 13.6. The Morgan fingerprint density at radius 3 is 2.70 bits per heavy atom. The van der Waals surface area contributed by atoms with Crippen LogP contribution in [0.2, 0.25) is 0 Å². The number of hydrogen-bond donors (Lipinski definition) is 3. The van der Waals surface area contributed by atoms with Crippen LogP contribution in [0.3, 0.4) is 0 Å². The topological polar surface area (TPSA) is 79.8 Å². The molecule has 7 heteroatoms. The molecule has 1 unspecified atom stereocenters. The van der Waals surface area contributed by atoms with Crippen molar-refractivity contribution in [1.29, 1.82) is 0 Å². The van der Waals surface area contributed by atoms with Crippen LogP contribution < -0.4 is 25.4 Å². The maximum Gasteiger partial charge on any atom is 0.191 e. The molecule has 0 amide bonds. The second-order valence-electron chi connectivity index (χ2n) is 6.23. The van der Waals surface area contributed by atoms with Gasteiger partial charge in [0.05, 0.1) is 6.54 Å². The number of rotatable bonds is 8. The van der Waals surface area contributed by atoms with Crippen molar-refractivity contribution < 1.29 is 9.47 Å². The minimum absolute atomic E-state index is 0.0407. The normalized spacial score (nSPS) is 15.9. The molecule has 0 spiro atoms. The summed E-state index contributed by atoms with van der Waals surface area (Å²) in [6.07, 6.45) is 3.84. The van der Waals surface area contributed by atoms with Gasteiger partial charge in [-0.2, -0.15) is 0 Å². The van der Waals surface area contributed by atoms with Gasteiger partial charge in [0.15, 0.2) is 17.5 Å². The van der Waals surface area contributed by atoms with Gasteiger partial charge >= 0.3 is 0 Å². The molecule has 1 aliphatic rings. The van der Waals surface area contributed by atoms with E-state index in [1.807, 2.05) is 42.5 Å². The molecule has 0 aliphatic carbocycles. The predicted molar refractivity (Wildman–Crippen MR) is 108 cm³/mol. The molecule has 1 aromatic heterocycles. The van der Waals surface area contributed by atoms with Crippen molar-refractivity contribution in [3.63, 3.8) is 0 Å². The van der Waals surface area contributed by atoms with Crippen LogP contribution in [0.25, 0.3) is 0 Å². The van der Waals surface area contributed by atoms with Crippen molar-refractivity contribution in [3.8, 4) is 11.5 Å². The van der Waals surface area contributed by atoms with E-state index in [0.29, 0.717) is 13.2 Å². The van der Waals surface area contributed by atoms with Crippen LogP contribution >= 0.6 is 0 Å². The van der Waals surface area contributed by atoms with Gasteiger partial charge in [-0.1, -0.05) is 18.2 Å². The molecule has 1 aromatic carbocycles. The van der Waals surface area contributed by atoms with E-state index in [1.165, 1.54) is 0 Å². The smallest absolute Gasteiger partial charge is 0.191 e. The molecule has 3 N–H and O–H groups in total. The van der Waals surface area contributed by atoms with Crippen molar-refractivity contribution >= 4 is 11.8 Å². The van der Waals surface area contributed by atoms with Crippen molar-refractivity contribution in [1.82, 2.24) is 15.6 Å². The Labute approximate surface area is 160 Å². The highest BCUT2D eigenvalue weighted by Crippen LogP contribution is 2.30. The summed E-state index contributed by atoms with van der Waals surface area (Å²) in [6.45, 7) is 2.92. The lowest BCUT2D eigenvalue weighted by molar-refractivity contribution is 0.0936. The number of ether oxygens (including phenoxy) is 2. The Morgan fingerprint density at radius 1 is 1.07 bits per heavy atom. The molecule has 1 aliphatic heterocycles. The van der Waals surface area contributed by atoms with Gasteiger partial charge in [0.1, 0.15) is 18.5 Å². The number of anilines is 1. The van der Waals surface area contributed by atoms with Crippen molar-refractivity contribution in [2.75, 3.05) is 38.6 Å². The SMILES string of the molecule is CN=C(NCCCCNc1ccccn1)NCC1COc2ccccc2O1. The quantitative estimate of drug-likeness (QED) is 0.376. The summed E-state index contributed by atoms with van der Waals surface area (Å²) >= 11 is 0. The minimum Gasteiger partial charge on any atom is -0.486 e. The Bertz CT molecular complexity index is 723. The maximum absolute atomic E-state index is 5.94. The monoisotopic (exact) mass is 369 g/mol. The lowest BCUT2D eigenvalue weighted by Gasteiger charge is -2.27. The lowest BCUT2D eigenvalue weighted by Crippen LogP contribution is -2.45. The fourth-order valence-electron chi connectivity index (χ4n) is 2.74. The first-order valence-corrected chi connectivity index (χ1v) is 9.33. The molecule has 1 atom stereocenters. The molecule has 144 valence electrons. The van der Waals surface area contributed by atoms with Crippen molar-refractivity contribution in [2.24, 2.45) is 4.99 Å². The van der Waals surface area contributed by atoms with Crippen LogP contribution in [0.4, 0.5) is 5.82 Å². The Hall–Kier alpha value is -2.96. The highest BCUT2D eigenvalue weighted by Gasteiger charge is 2.20. The Kier molecular flexibility index (Phi) is 7.15. The van der Waals surface area contributed by atoms with Crippen LogP contribution in [-0.4, -0.2) is 50.3 Å². The van der Waals surface area contributed by atoms with Crippen LogP contribution in [0, 0.1) is 0 Å². The lowest BCUT2D eigenvalue weighted by atomic mass is 10.2. The van der Waals surface area contributed by atoms with Gasteiger partial charge in [-0.15, -0.1) is 0 Å². The molecule has 7 nitrogen and oxygen atoms in total. The van der Waals surface area contributed by atoms with Crippen molar-refractivity contribution in [3.05, 3.63) is 48.7 Å². The fraction of sp³-hybridized carbons (Fsp3) is 0.400. The van der Waals surface area contributed by atoms with Gasteiger partial charge < -0.3 is 25.4 Å². The fourth-order valence-corrected chi connectivity index (χ4v) is 2.74. The van der Waals surface area contributed by atoms with Crippen LogP contribution in [0.15, 0.2) is 53.7 Å². The summed E-state index contributed by atoms with van der Waals surface area (Å²) in [5.74, 6) is 3.28. The predicted octanol–water partition coefficient (Wildman–Crippen LogP) is 2.28. The Morgan fingerprint density at radius 2 is 1.89 bits per heavy atom. The summed E-state index contributed by atoms with van der Waals surface area (Å²) in [7, 11) is 1.77. The molecule has 0 saturated carbocycles. The summed E-state index contributed by atoms with van der Waals surface area (Å²) < 4.78 is 11.7. The van der Waals surface area contributed by atoms with Gasteiger partial charge in [-0.05, 0) is 37.1 Å². The third-order valence-electron chi connectivity index (χ3n) is 4.16. The number of para-hydroxylation sites is 2. The van der Waals surface area contributed by atoms with Gasteiger partial charge in [-0.25, -0.2) is 4.98 Å². The summed E-state index contributed by atoms with van der Waals surface area (Å²) in [5.41, 5.74) is 0. The number of aromatic nitrogens is 1. The summed E-state index contributed by atoms with van der Waals surface area (Å²) in [4.78, 5) is 8.50. The van der Waals surface area contributed by atoms with Crippen molar-refractivity contribution in [2.45, 2.75) is 18.9 Å². The molecule has 27 heavy (non-hydrogen) atoms. The van der Waals surface area contributed by atoms with E-state index in [4.69, 9.17) is 9.47 Å². The molecule has 2 heterocycles. The van der Waals surface area contributed by atoms with Crippen LogP contribution in [-0.2, 0) is 0 Å². The standard InChI is InChI=1S/C20H27N5O2/c1-21-20(24-13-7-6-12-23-19-10-4-5-11-22-19)25-14-16-15-26-17-8-2-3-9-18(17)27-16/h2-5,8-11,16H,6-7,12-15H2,1H3,(H,22,23)(H2,21,24,25). The zero-order valence-corrected chi connectivity index (χ0v) is 15.6. The highest BCUT2D eigenvalue weighted by atomic mass is 16.6. The zero-order valence-electron chi connectivity index (χ0n) is 15.6. The first-order chi connectivity index (χ1) is 13.3. The van der Waals surface area contributed by atoms with E-state index in [9.17, 15) is 0 Å². The number of nitrogens with one attached hydrogen (secondary N) is 3. The van der Waals surface area contributed by atoms with E-state index >= 15 is 0 Å². The summed E-state index contributed by atoms with van der Waals surface area (Å²) in [5, 5.41) is 9.93. The van der Waals surface area contributed by atoms with Gasteiger partial charge in [0.2, 0.25) is 0 Å². The van der Waals surface area contributed by atoms with Gasteiger partial charge in [-0.3, -0.25) is 4.99 Å². The zero-order chi connectivity index (χ0) is 18.7. The number of fused-ring (bicyclic) bond motifs is 1. The van der Waals surface area contributed by atoms with E-state index in [2.05, 4.69) is 25.9 Å². The van der Waals surface area contributed by atoms with E-state index in [-0.39, 0.29) is 6.10 Å². The number of benzene rings is 1. The van der Waals surface area contributed by atoms with E-state index in [1.54, 1.807) is 13.2 Å². The molecule has 2 aromatic rings. The average Bonchev–Trinajstić information content (AvgIpc) is 2.73. The second-order valence-corrected chi connectivity index (χ2v) is 6.23. The largest absolute Gasteiger partial charge is 0.486 e. The molecule has 3 rings (SSSR count). The number of aliphatic imine (C=N–C) groups is 1. The molecule has 0 saturated heterocycles. The van der Waals surface area contributed by atoms with E-state index in [0.717, 1.165) is 49.2 Å². The van der Waals surface area contributed by atoms with E-state index < -0.39 is 0 Å². The van der Waals surface area contributed by atoms with Gasteiger partial charge in [0, 0.05) is 26.3 Å². The first-order valence-electron chi connectivity index (χ1n) is 9.33. The molecule has 0 radical (unpaired) electrons. The maximum atomic E-state index is 5.94. The van der Waals surface area contributed by atoms with Gasteiger partial charge in [0.25, 0.3) is 0 Å². The number of unbranched alkanes of at least 4 members (excludes halogenated alkanes) is 1. The highest BCUT2D eigenvalue weighted by molar-refractivity contribution is 5.79. The van der Waals surface area contributed by atoms with Crippen LogP contribution in [0.1, 0.15) is 12.8 Å². The third-order valence-corrected chi connectivity index (χ3v) is 4.16. The molecule has 0 fully saturated rings. The molecule has 0 bridgehead atoms. The number of pyridine rings is 1. The number of nitrogens with zero attached hydrogens (tertiary/aromatic N) is 2. The molecular weight excluding hydrogens is 342 g/mol.